The molecule has 1 saturated heterocycles. The number of carbonyl (C=O) groups excluding carboxylic acids is 2. The Morgan fingerprint density at radius 1 is 1.19 bits per heavy atom. The summed E-state index contributed by atoms with van der Waals surface area (Å²) in [4.78, 5) is 36.6. The predicted octanol–water partition coefficient (Wildman–Crippen LogP) is 3.46. The van der Waals surface area contributed by atoms with Gasteiger partial charge in [0, 0.05) is 25.7 Å². The number of amides is 1. The van der Waals surface area contributed by atoms with E-state index in [1.54, 1.807) is 12.1 Å². The average molecular weight is 797 g/mol. The van der Waals surface area contributed by atoms with Crippen molar-refractivity contribution in [3.05, 3.63) is 34.6 Å². The predicted molar refractivity (Wildman–Crippen MR) is 207 cm³/mol. The molecule has 53 heavy (non-hydrogen) atoms. The van der Waals surface area contributed by atoms with Gasteiger partial charge in [-0.2, -0.15) is 20.0 Å². The van der Waals surface area contributed by atoms with Crippen LogP contribution in [0.3, 0.4) is 0 Å². The van der Waals surface area contributed by atoms with Crippen LogP contribution < -0.4 is 37.6 Å². The number of aromatic nitrogens is 4. The molecule has 3 aromatic rings. The first-order chi connectivity index (χ1) is 24.5. The monoisotopic (exact) mass is 795 g/mol. The lowest BCUT2D eigenvalue weighted by Gasteiger charge is -2.40. The molecule has 20 heteroatoms. The second kappa shape index (κ2) is 21.4. The number of unbranched alkanes of at least 4 members (excludes halogenated alkanes) is 1. The number of hydrogen-bond acceptors (Lipinski definition) is 15. The lowest BCUT2D eigenvalue weighted by Crippen LogP contribution is -2.57. The number of methoxy groups -OCH3 is 1. The van der Waals surface area contributed by atoms with Crippen molar-refractivity contribution in [2.75, 3.05) is 55.4 Å². The summed E-state index contributed by atoms with van der Waals surface area (Å²) in [5.41, 5.74) is 13.6. The first-order valence-electron chi connectivity index (χ1n) is 16.9. The highest BCUT2D eigenvalue weighted by Crippen LogP contribution is 2.37. The van der Waals surface area contributed by atoms with Crippen LogP contribution in [0.25, 0.3) is 5.65 Å². The molecule has 0 aliphatic carbocycles. The Balaban J connectivity index is 0.00000486. The largest absolute Gasteiger partial charge is 0.457 e. The van der Waals surface area contributed by atoms with Gasteiger partial charge in [0.25, 0.3) is 0 Å². The number of nitrogens with zero attached hydrogens (tertiary/aromatic N) is 7. The summed E-state index contributed by atoms with van der Waals surface area (Å²) in [5.74, 6) is -0.0917. The maximum Gasteiger partial charge on any atom is 0.407 e. The summed E-state index contributed by atoms with van der Waals surface area (Å²) in [7, 11) is 1.26. The second-order valence-electron chi connectivity index (χ2n) is 12.5. The lowest BCUT2D eigenvalue weighted by atomic mass is 9.99. The van der Waals surface area contributed by atoms with Crippen LogP contribution in [0.4, 0.5) is 27.9 Å². The molecule has 1 aliphatic rings. The fourth-order valence-corrected chi connectivity index (χ4v) is 6.06. The molecule has 3 heterocycles. The van der Waals surface area contributed by atoms with E-state index in [1.807, 2.05) is 25.7 Å². The first-order valence-corrected chi connectivity index (χ1v) is 17.3. The van der Waals surface area contributed by atoms with E-state index in [9.17, 15) is 20.1 Å². The van der Waals surface area contributed by atoms with Gasteiger partial charge in [-0.05, 0) is 50.8 Å². The number of piperidine rings is 1. The van der Waals surface area contributed by atoms with Crippen molar-refractivity contribution in [2.45, 2.75) is 70.7 Å². The number of hydrogen-bond donors (Lipinski definition) is 6. The zero-order chi connectivity index (χ0) is 37.1. The number of carbonyl (C=O) groups is 2. The Bertz CT molecular complexity index is 1760. The zero-order valence-electron chi connectivity index (χ0n) is 30.1. The fraction of sp³-hybridized carbons (Fsp3) is 0.545. The molecule has 1 fully saturated rings. The van der Waals surface area contributed by atoms with Crippen molar-refractivity contribution in [2.24, 2.45) is 17.4 Å². The maximum atomic E-state index is 13.7. The topological polar surface area (TPSA) is 247 Å². The van der Waals surface area contributed by atoms with Gasteiger partial charge in [-0.15, -0.1) is 29.9 Å². The molecule has 0 spiro atoms. The number of nitrogens with two attached hydrogens (primary N) is 2. The minimum Gasteiger partial charge on any atom is -0.457 e. The molecule has 4 atom stereocenters. The van der Waals surface area contributed by atoms with Crippen molar-refractivity contribution in [3.8, 4) is 12.1 Å². The van der Waals surface area contributed by atoms with E-state index < -0.39 is 30.3 Å². The third kappa shape index (κ3) is 11.6. The highest BCUT2D eigenvalue weighted by atomic mass is 35.5. The van der Waals surface area contributed by atoms with Crippen molar-refractivity contribution in [3.63, 3.8) is 0 Å². The Morgan fingerprint density at radius 2 is 1.94 bits per heavy atom. The highest BCUT2D eigenvalue weighted by molar-refractivity contribution is 6.36. The Labute approximate surface area is 326 Å². The summed E-state index contributed by atoms with van der Waals surface area (Å²) in [6, 6.07) is 6.06. The number of fused-ring (bicyclic) bond motifs is 1. The summed E-state index contributed by atoms with van der Waals surface area (Å²) in [5, 5.41) is 36.5. The minimum atomic E-state index is -0.802. The van der Waals surface area contributed by atoms with E-state index in [0.29, 0.717) is 61.0 Å². The van der Waals surface area contributed by atoms with Crippen LogP contribution in [0.5, 0.6) is 0 Å². The average Bonchev–Trinajstić information content (AvgIpc) is 3.53. The molecule has 17 nitrogen and oxygen atoms in total. The van der Waals surface area contributed by atoms with Crippen molar-refractivity contribution in [1.82, 2.24) is 30.2 Å². The molecule has 0 bridgehead atoms. The van der Waals surface area contributed by atoms with Crippen LogP contribution in [-0.4, -0.2) is 95.7 Å². The van der Waals surface area contributed by atoms with Crippen LogP contribution in [0, 0.1) is 28.6 Å². The number of rotatable bonds is 16. The van der Waals surface area contributed by atoms with E-state index >= 15 is 0 Å². The van der Waals surface area contributed by atoms with E-state index in [2.05, 4.69) is 48.5 Å². The number of nitriles is 2. The maximum absolute atomic E-state index is 13.7. The van der Waals surface area contributed by atoms with Gasteiger partial charge in [-0.25, -0.2) is 9.78 Å². The molecule has 1 amide bonds. The van der Waals surface area contributed by atoms with Crippen LogP contribution in [0.1, 0.15) is 57.7 Å². The number of anilines is 4. The summed E-state index contributed by atoms with van der Waals surface area (Å²) in [6.07, 6.45) is 2.87. The SMILES string of the molecule is CCNc1nc(Nc2cc(C#N)cc(N3CC[C@@H](NC(=O)OC)[C@H](OC(=O)C(NC[C@@H](N)CCCCN)C(C)C)C3)c2Cl)nn2c(C#N)cnc12.Cl.Cl. The van der Waals surface area contributed by atoms with E-state index in [4.69, 9.17) is 32.5 Å². The van der Waals surface area contributed by atoms with E-state index in [0.717, 1.165) is 19.3 Å². The minimum absolute atomic E-state index is 0. The van der Waals surface area contributed by atoms with Gasteiger partial charge in [-0.1, -0.05) is 31.9 Å². The molecule has 2 aromatic heterocycles. The van der Waals surface area contributed by atoms with Crippen molar-refractivity contribution < 1.29 is 19.1 Å². The lowest BCUT2D eigenvalue weighted by molar-refractivity contribution is -0.154. The van der Waals surface area contributed by atoms with Crippen LogP contribution in [-0.2, 0) is 14.3 Å². The Morgan fingerprint density at radius 3 is 2.58 bits per heavy atom. The number of imidazole rings is 1. The van der Waals surface area contributed by atoms with Gasteiger partial charge in [0.05, 0.1) is 53.9 Å². The number of halogens is 3. The molecule has 1 unspecified atom stereocenters. The van der Waals surface area contributed by atoms with Gasteiger partial charge in [0.1, 0.15) is 18.2 Å². The standard InChI is InChI=1S/C33H46ClN13O4.2ClH/c1-5-39-29-30-41-17-22(15-37)47(30)45-32(44-29)42-24-12-20(14-36)13-25(27(24)34)46-11-9-23(43-33(49)50-4)26(18-46)51-31(48)28(19(2)3)40-16-21(38)8-6-7-10-35;;/h12-13,17,19,21,23,26,28,40H,5-11,16,18,35,38H2,1-4H3,(H,43,49)(H2,39,42,44,45);2*1H/t21-,23+,26+,28?;;/m0../s1. The van der Waals surface area contributed by atoms with Gasteiger partial charge in [-0.3, -0.25) is 4.79 Å². The quantitative estimate of drug-likeness (QED) is 0.0898. The first kappa shape index (κ1) is 44.8. The van der Waals surface area contributed by atoms with Crippen LogP contribution >= 0.6 is 36.4 Å². The van der Waals surface area contributed by atoms with Crippen molar-refractivity contribution in [1.29, 1.82) is 10.5 Å². The third-order valence-electron chi connectivity index (χ3n) is 8.46. The molecular formula is C33H48Cl3N13O4. The molecule has 0 radical (unpaired) electrons. The number of nitrogens with one attached hydrogen (secondary N) is 4. The Hall–Kier alpha value is -4.36. The molecule has 1 aliphatic heterocycles. The zero-order valence-corrected chi connectivity index (χ0v) is 32.5. The molecule has 8 N–H and O–H groups in total. The van der Waals surface area contributed by atoms with Gasteiger partial charge >= 0.3 is 12.1 Å². The molecule has 4 rings (SSSR count). The van der Waals surface area contributed by atoms with E-state index in [1.165, 1.54) is 17.8 Å². The number of esters is 1. The summed E-state index contributed by atoms with van der Waals surface area (Å²) < 4.78 is 12.3. The van der Waals surface area contributed by atoms with Gasteiger partial charge < -0.3 is 47.1 Å². The molecule has 1 aromatic carbocycles. The third-order valence-corrected chi connectivity index (χ3v) is 8.85. The van der Waals surface area contributed by atoms with Gasteiger partial charge in [0.2, 0.25) is 5.95 Å². The van der Waals surface area contributed by atoms with Gasteiger partial charge in [0.15, 0.2) is 17.2 Å². The summed E-state index contributed by atoms with van der Waals surface area (Å²) >= 11 is 7.00. The van der Waals surface area contributed by atoms with Crippen LogP contribution in [0.2, 0.25) is 5.02 Å². The van der Waals surface area contributed by atoms with E-state index in [-0.39, 0.29) is 60.0 Å². The van der Waals surface area contributed by atoms with Crippen LogP contribution in [0.15, 0.2) is 18.3 Å². The fourth-order valence-electron chi connectivity index (χ4n) is 5.79. The molecule has 290 valence electrons. The van der Waals surface area contributed by atoms with Crippen molar-refractivity contribution >= 4 is 77.3 Å². The molecular weight excluding hydrogens is 749 g/mol. The second-order valence-corrected chi connectivity index (χ2v) is 12.9. The molecule has 0 saturated carbocycles. The number of alkyl carbamates (subject to hydrolysis) is 1. The normalized spacial score (nSPS) is 16.3. The summed E-state index contributed by atoms with van der Waals surface area (Å²) in [6.45, 7) is 7.82. The number of benzene rings is 1. The smallest absolute Gasteiger partial charge is 0.407 e. The number of ether oxygens (including phenoxy) is 2. The highest BCUT2D eigenvalue weighted by Gasteiger charge is 2.37. The Kier molecular flexibility index (Phi) is 18.1.